The third kappa shape index (κ3) is 7.72. The number of rotatable bonds is 5. The smallest absolute Gasteiger partial charge is 0.137 e. The fraction of sp³-hybridized carbons (Fsp3) is 0.333. The van der Waals surface area contributed by atoms with E-state index in [0.29, 0.717) is 5.92 Å². The molecule has 3 aromatic rings. The molecule has 0 fully saturated rings. The summed E-state index contributed by atoms with van der Waals surface area (Å²) in [5, 5.41) is 1.26. The van der Waals surface area contributed by atoms with E-state index in [9.17, 15) is 9.59 Å². The fourth-order valence-corrected chi connectivity index (χ4v) is 3.56. The average Bonchev–Trinajstić information content (AvgIpc) is 2.63. The van der Waals surface area contributed by atoms with Gasteiger partial charge in [0.05, 0.1) is 11.9 Å². The number of hydrogen-bond acceptors (Lipinski definition) is 3. The molecule has 0 saturated carbocycles. The summed E-state index contributed by atoms with van der Waals surface area (Å²) < 4.78 is 0. The van der Waals surface area contributed by atoms with Gasteiger partial charge in [-0.1, -0.05) is 44.5 Å². The van der Waals surface area contributed by atoms with Crippen LogP contribution in [0.5, 0.6) is 0 Å². The van der Waals surface area contributed by atoms with Gasteiger partial charge in [0, 0.05) is 31.2 Å². The number of carbonyl (C=O) groups excluding carboxylic acids is 2. The molecule has 1 aromatic heterocycles. The van der Waals surface area contributed by atoms with Crippen LogP contribution in [-0.4, -0.2) is 16.6 Å². The summed E-state index contributed by atoms with van der Waals surface area (Å²) >= 11 is 0. The van der Waals surface area contributed by atoms with E-state index in [2.05, 4.69) is 77.1 Å². The van der Waals surface area contributed by atoms with Gasteiger partial charge in [-0.2, -0.15) is 18.1 Å². The first-order chi connectivity index (χ1) is 14.1. The van der Waals surface area contributed by atoms with Crippen molar-refractivity contribution in [1.29, 1.82) is 0 Å². The molecule has 4 heteroatoms. The van der Waals surface area contributed by atoms with E-state index in [0.717, 1.165) is 28.8 Å². The maximum atomic E-state index is 10.0. The molecule has 0 spiro atoms. The number of nitrogens with zero attached hydrogens (tertiary/aromatic N) is 1. The van der Waals surface area contributed by atoms with Crippen LogP contribution >= 0.6 is 0 Å². The van der Waals surface area contributed by atoms with Gasteiger partial charge in [-0.3, -0.25) is 14.6 Å². The fourth-order valence-electron chi connectivity index (χ4n) is 3.56. The number of Topliss-reactive ketones (excluding diaryl/α,β-unsaturated/α-hetero) is 2. The van der Waals surface area contributed by atoms with Crippen LogP contribution in [0.25, 0.3) is 22.2 Å². The molecular formula is C27H32IrNO2-. The van der Waals surface area contributed by atoms with Crippen LogP contribution in [0, 0.1) is 26.7 Å². The second-order valence-corrected chi connectivity index (χ2v) is 8.47. The Hall–Kier alpha value is -2.29. The minimum atomic E-state index is -0.0625. The van der Waals surface area contributed by atoms with E-state index in [1.807, 2.05) is 0 Å². The maximum Gasteiger partial charge on any atom is 0.137 e. The van der Waals surface area contributed by atoms with E-state index in [-0.39, 0.29) is 38.1 Å². The number of fused-ring (bicyclic) bond motifs is 1. The number of aromatic nitrogens is 1. The Morgan fingerprint density at radius 3 is 2.19 bits per heavy atom. The molecule has 0 aliphatic carbocycles. The standard InChI is InChI=1S/C22H24N.C5H8O2.Ir/c1-14(2)11-18-7-6-8-21-19(18)9-10-22(23-21)20-13-15(3)12-16(4)17(20)5;1-4(6)3-5(2)7;/h6-10,12-14H,5,11H2,1-4H3;3H2,1-2H3;/q-1;;. The van der Waals surface area contributed by atoms with Crippen LogP contribution in [0.3, 0.4) is 0 Å². The predicted octanol–water partition coefficient (Wildman–Crippen LogP) is 6.45. The number of pyridine rings is 1. The van der Waals surface area contributed by atoms with Crippen LogP contribution in [-0.2, 0) is 36.1 Å². The second kappa shape index (κ2) is 11.9. The third-order valence-corrected chi connectivity index (χ3v) is 4.84. The summed E-state index contributed by atoms with van der Waals surface area (Å²) in [4.78, 5) is 25.0. The van der Waals surface area contributed by atoms with Crippen molar-refractivity contribution in [2.75, 3.05) is 0 Å². The summed E-state index contributed by atoms with van der Waals surface area (Å²) in [7, 11) is 0. The molecule has 0 unspecified atom stereocenters. The topological polar surface area (TPSA) is 47.0 Å². The van der Waals surface area contributed by atoms with Gasteiger partial charge >= 0.3 is 0 Å². The number of ketones is 2. The molecular weight excluding hydrogens is 563 g/mol. The Kier molecular flexibility index (Phi) is 10.3. The van der Waals surface area contributed by atoms with Crippen molar-refractivity contribution in [3.05, 3.63) is 71.6 Å². The minimum Gasteiger partial charge on any atom is -0.300 e. The number of benzene rings is 2. The molecule has 0 saturated heterocycles. The van der Waals surface area contributed by atoms with Crippen LogP contribution in [0.4, 0.5) is 0 Å². The molecule has 167 valence electrons. The molecule has 0 bridgehead atoms. The van der Waals surface area contributed by atoms with Crippen molar-refractivity contribution < 1.29 is 29.7 Å². The average molecular weight is 595 g/mol. The Morgan fingerprint density at radius 1 is 1.00 bits per heavy atom. The first-order valence-electron chi connectivity index (χ1n) is 10.4. The minimum absolute atomic E-state index is 0. The Morgan fingerprint density at radius 2 is 1.65 bits per heavy atom. The van der Waals surface area contributed by atoms with Crippen molar-refractivity contribution in [2.24, 2.45) is 5.92 Å². The molecule has 3 rings (SSSR count). The quantitative estimate of drug-likeness (QED) is 0.252. The Labute approximate surface area is 200 Å². The number of aryl methyl sites for hydroxylation is 2. The van der Waals surface area contributed by atoms with Gasteiger partial charge < -0.3 is 0 Å². The molecule has 1 radical (unpaired) electrons. The van der Waals surface area contributed by atoms with Crippen molar-refractivity contribution in [2.45, 2.75) is 54.4 Å². The predicted molar refractivity (Wildman–Crippen MR) is 126 cm³/mol. The maximum absolute atomic E-state index is 10.0. The molecule has 2 aromatic carbocycles. The van der Waals surface area contributed by atoms with Crippen molar-refractivity contribution in [1.82, 2.24) is 4.98 Å². The molecule has 31 heavy (non-hydrogen) atoms. The van der Waals surface area contributed by atoms with Crippen molar-refractivity contribution in [3.63, 3.8) is 0 Å². The summed E-state index contributed by atoms with van der Waals surface area (Å²) in [5.41, 5.74) is 8.14. The normalized spacial score (nSPS) is 10.3. The Bertz CT molecular complexity index is 1060. The molecule has 0 aliphatic heterocycles. The first kappa shape index (κ1) is 26.7. The number of hydrogen-bond donors (Lipinski definition) is 0. The van der Waals surface area contributed by atoms with Gasteiger partial charge in [0.2, 0.25) is 0 Å². The molecule has 0 atom stereocenters. The van der Waals surface area contributed by atoms with Crippen LogP contribution < -0.4 is 0 Å². The summed E-state index contributed by atoms with van der Waals surface area (Å²) in [6.07, 6.45) is 1.17. The van der Waals surface area contributed by atoms with E-state index < -0.39 is 0 Å². The summed E-state index contributed by atoms with van der Waals surface area (Å²) in [6, 6.07) is 15.1. The van der Waals surface area contributed by atoms with Crippen LogP contribution in [0.1, 0.15) is 56.4 Å². The van der Waals surface area contributed by atoms with Gasteiger partial charge in [0.1, 0.15) is 11.6 Å². The van der Waals surface area contributed by atoms with Crippen molar-refractivity contribution >= 4 is 22.5 Å². The molecule has 0 amide bonds. The molecule has 3 nitrogen and oxygen atoms in total. The van der Waals surface area contributed by atoms with Crippen LogP contribution in [0.15, 0.2) is 42.5 Å². The zero-order valence-electron chi connectivity index (χ0n) is 19.3. The van der Waals surface area contributed by atoms with E-state index in [1.54, 1.807) is 0 Å². The Balaban J connectivity index is 0.000000523. The molecule has 0 N–H and O–H groups in total. The summed E-state index contributed by atoms with van der Waals surface area (Å²) in [5.74, 6) is 0.520. The monoisotopic (exact) mass is 595 g/mol. The largest absolute Gasteiger partial charge is 0.300 e. The summed E-state index contributed by atoms with van der Waals surface area (Å²) in [6.45, 7) is 15.8. The van der Waals surface area contributed by atoms with E-state index in [1.165, 1.54) is 35.9 Å². The molecule has 1 heterocycles. The zero-order chi connectivity index (χ0) is 22.4. The van der Waals surface area contributed by atoms with Crippen LogP contribution in [0.2, 0.25) is 0 Å². The molecule has 0 aliphatic rings. The third-order valence-electron chi connectivity index (χ3n) is 4.84. The SMILES string of the molecule is CC(=O)CC(C)=O.[CH2-]c1c(C)cc(C)cc1-c1ccc2c(CC(C)C)cccc2n1.[Ir]. The van der Waals surface area contributed by atoms with Gasteiger partial charge in [-0.05, 0) is 50.8 Å². The van der Waals surface area contributed by atoms with E-state index in [4.69, 9.17) is 4.98 Å². The number of carbonyl (C=O) groups is 2. The van der Waals surface area contributed by atoms with Gasteiger partial charge in [0.15, 0.2) is 0 Å². The van der Waals surface area contributed by atoms with Crippen molar-refractivity contribution in [3.8, 4) is 11.3 Å². The van der Waals surface area contributed by atoms with Gasteiger partial charge in [-0.15, -0.1) is 17.7 Å². The zero-order valence-corrected chi connectivity index (χ0v) is 21.7. The van der Waals surface area contributed by atoms with Gasteiger partial charge in [-0.25, -0.2) is 0 Å². The second-order valence-electron chi connectivity index (χ2n) is 8.47. The first-order valence-corrected chi connectivity index (χ1v) is 10.4. The van der Waals surface area contributed by atoms with Gasteiger partial charge in [0.25, 0.3) is 0 Å². The van der Waals surface area contributed by atoms with E-state index >= 15 is 0 Å².